The maximum atomic E-state index is 15.2. The highest BCUT2D eigenvalue weighted by Crippen LogP contribution is 2.37. The number of hydrogen-bond donors (Lipinski definition) is 1. The topological polar surface area (TPSA) is 102 Å². The molecule has 0 unspecified atom stereocenters. The van der Waals surface area contributed by atoms with Crippen LogP contribution in [-0.4, -0.2) is 37.6 Å². The molecule has 6 rings (SSSR count). The normalized spacial score (nSPS) is 14.5. The Kier molecular flexibility index (Phi) is 11.0. The predicted octanol–water partition coefficient (Wildman–Crippen LogP) is 9.82. The minimum absolute atomic E-state index is 0.00378. The lowest BCUT2D eigenvalue weighted by atomic mass is 10.1. The zero-order valence-corrected chi connectivity index (χ0v) is 29.2. The molecule has 1 aromatic heterocycles. The molecule has 0 aliphatic carbocycles. The van der Waals surface area contributed by atoms with Crippen LogP contribution in [0.2, 0.25) is 0 Å². The van der Waals surface area contributed by atoms with Crippen LogP contribution in [-0.2, 0) is 41.3 Å². The van der Waals surface area contributed by atoms with Crippen LogP contribution in [0, 0.1) is 12.7 Å². The van der Waals surface area contributed by atoms with Crippen molar-refractivity contribution in [3.8, 4) is 17.1 Å². The van der Waals surface area contributed by atoms with Crippen LogP contribution in [0.3, 0.4) is 0 Å². The third-order valence-electron chi connectivity index (χ3n) is 8.04. The number of nitrogens with zero attached hydrogens (tertiary/aromatic N) is 5. The molecule has 292 valence electrons. The van der Waals surface area contributed by atoms with Gasteiger partial charge in [-0.25, -0.2) is 18.9 Å². The summed E-state index contributed by atoms with van der Waals surface area (Å²) in [7, 11) is 0. The molecule has 0 atom stereocenters. The van der Waals surface area contributed by atoms with Crippen LogP contribution < -0.4 is 10.2 Å². The fourth-order valence-electron chi connectivity index (χ4n) is 5.38. The number of benzene rings is 4. The summed E-state index contributed by atoms with van der Waals surface area (Å²) in [6, 6.07) is 12.5. The lowest BCUT2D eigenvalue weighted by Crippen LogP contribution is -2.31. The van der Waals surface area contributed by atoms with Gasteiger partial charge in [0.25, 0.3) is 0 Å². The fourth-order valence-corrected chi connectivity index (χ4v) is 6.23. The molecule has 1 aliphatic rings. The van der Waals surface area contributed by atoms with Crippen molar-refractivity contribution in [2.45, 2.75) is 38.7 Å². The van der Waals surface area contributed by atoms with Gasteiger partial charge in [-0.2, -0.15) is 44.5 Å². The Morgan fingerprint density at radius 3 is 2.12 bits per heavy atom. The molecule has 56 heavy (non-hydrogen) atoms. The number of nitrogens with one attached hydrogen (secondary N) is 1. The molecular weight excluding hydrogens is 786 g/mol. The zero-order valence-electron chi connectivity index (χ0n) is 28.4. The molecule has 2 heterocycles. The van der Waals surface area contributed by atoms with Gasteiger partial charge in [0.15, 0.2) is 11.0 Å². The van der Waals surface area contributed by atoms with Crippen LogP contribution in [0.4, 0.5) is 60.1 Å². The first-order chi connectivity index (χ1) is 26.3. The van der Waals surface area contributed by atoms with E-state index in [1.165, 1.54) is 41.3 Å². The Morgan fingerprint density at radius 2 is 1.50 bits per heavy atom. The molecule has 20 heteroatoms. The third kappa shape index (κ3) is 9.19. The molecule has 1 saturated heterocycles. The first-order valence-corrected chi connectivity index (χ1v) is 16.9. The molecule has 5 aromatic rings. The number of hydrogen-bond acceptors (Lipinski definition) is 6. The second kappa shape index (κ2) is 15.4. The van der Waals surface area contributed by atoms with Gasteiger partial charge >= 0.3 is 24.6 Å². The number of aromatic nitrogens is 3. The molecule has 9 nitrogen and oxygen atoms in total. The average Bonchev–Trinajstić information content (AvgIpc) is 3.75. The van der Waals surface area contributed by atoms with Gasteiger partial charge in [0.2, 0.25) is 5.91 Å². The van der Waals surface area contributed by atoms with Crippen molar-refractivity contribution >= 4 is 40.2 Å². The van der Waals surface area contributed by atoms with E-state index in [-0.39, 0.29) is 52.0 Å². The largest absolute Gasteiger partial charge is 0.416 e. The number of thioether (sulfide) groups is 1. The van der Waals surface area contributed by atoms with E-state index in [0.717, 1.165) is 34.9 Å². The van der Waals surface area contributed by atoms with Crippen molar-refractivity contribution in [2.24, 2.45) is 4.99 Å². The van der Waals surface area contributed by atoms with Crippen LogP contribution in [0.25, 0.3) is 17.1 Å². The minimum atomic E-state index is -5.04. The number of amidine groups is 1. The molecule has 1 aliphatic heterocycles. The Hall–Kier alpha value is -5.76. The van der Waals surface area contributed by atoms with Crippen molar-refractivity contribution in [2.75, 3.05) is 16.0 Å². The highest BCUT2D eigenvalue weighted by atomic mass is 32.2. The number of anilines is 2. The van der Waals surface area contributed by atoms with Gasteiger partial charge in [-0.05, 0) is 84.8 Å². The summed E-state index contributed by atoms with van der Waals surface area (Å²) in [5, 5.41) is 6.35. The number of halogens is 10. The van der Waals surface area contributed by atoms with Gasteiger partial charge in [0, 0.05) is 11.1 Å². The van der Waals surface area contributed by atoms with E-state index in [2.05, 4.69) is 20.4 Å². The summed E-state index contributed by atoms with van der Waals surface area (Å²) in [6.45, 7) is 0.678. The van der Waals surface area contributed by atoms with E-state index in [9.17, 15) is 49.1 Å². The maximum Gasteiger partial charge on any atom is 0.416 e. The van der Waals surface area contributed by atoms with E-state index < -0.39 is 65.1 Å². The average molecular weight is 811 g/mol. The van der Waals surface area contributed by atoms with Crippen molar-refractivity contribution in [3.63, 3.8) is 0 Å². The molecular formula is C36H24F10N6O3S. The number of alkyl halides is 9. The van der Waals surface area contributed by atoms with Crippen LogP contribution in [0.1, 0.15) is 33.4 Å². The van der Waals surface area contributed by atoms with E-state index in [1.807, 2.05) is 0 Å². The van der Waals surface area contributed by atoms with E-state index in [4.69, 9.17) is 4.74 Å². The Bertz CT molecular complexity index is 2290. The number of aliphatic imine (C=N–C) groups is 1. The maximum absolute atomic E-state index is 15.2. The first-order valence-electron chi connectivity index (χ1n) is 16.0. The molecule has 0 saturated carbocycles. The van der Waals surface area contributed by atoms with E-state index >= 15 is 4.39 Å². The molecule has 0 spiro atoms. The van der Waals surface area contributed by atoms with Crippen molar-refractivity contribution in [1.29, 1.82) is 0 Å². The number of carbonyl (C=O) groups excluding carboxylic acids is 2. The van der Waals surface area contributed by atoms with Gasteiger partial charge < -0.3 is 10.1 Å². The number of carbonyl (C=O) groups is 2. The summed E-state index contributed by atoms with van der Waals surface area (Å²) in [4.78, 5) is 35.1. The van der Waals surface area contributed by atoms with Gasteiger partial charge in [-0.1, -0.05) is 23.9 Å². The summed E-state index contributed by atoms with van der Waals surface area (Å²) in [5.74, 6) is -1.56. The summed E-state index contributed by atoms with van der Waals surface area (Å²) >= 11 is 0.885. The second-order valence-corrected chi connectivity index (χ2v) is 13.1. The molecule has 0 bridgehead atoms. The summed E-state index contributed by atoms with van der Waals surface area (Å²) in [6.07, 6.45) is -13.4. The standard InChI is InChI=1S/C36H24F10N6O3S/c1-19-2-3-22(16-55-15-20-11-24(35(41,42)43)14-25(12-20)36(44,45)46)29(10-19)52-30(53)17-56-33(52)49-32(54)48-28-9-4-21(13-27(28)37)31-47-18-51(50-31)26-7-5-23(6-8-26)34(38,39)40/h2-14,18H,15-17H2,1H3,(H,48,54)/b49-33-. The van der Waals surface area contributed by atoms with Crippen molar-refractivity contribution in [3.05, 3.63) is 124 Å². The van der Waals surface area contributed by atoms with E-state index in [1.54, 1.807) is 19.1 Å². The predicted molar refractivity (Wildman–Crippen MR) is 184 cm³/mol. The van der Waals surface area contributed by atoms with E-state index in [0.29, 0.717) is 23.3 Å². The number of amides is 3. The second-order valence-electron chi connectivity index (χ2n) is 12.1. The van der Waals surface area contributed by atoms with Gasteiger partial charge in [0.05, 0.1) is 52.7 Å². The number of rotatable bonds is 8. The Labute approximate surface area is 314 Å². The Morgan fingerprint density at radius 1 is 0.839 bits per heavy atom. The highest BCUT2D eigenvalue weighted by molar-refractivity contribution is 8.15. The quantitative estimate of drug-likeness (QED) is 0.157. The zero-order chi connectivity index (χ0) is 40.6. The lowest BCUT2D eigenvalue weighted by molar-refractivity contribution is -0.143. The lowest BCUT2D eigenvalue weighted by Gasteiger charge is -2.21. The Balaban J connectivity index is 1.16. The number of ether oxygens (including phenoxy) is 1. The van der Waals surface area contributed by atoms with Crippen molar-refractivity contribution < 1.29 is 58.2 Å². The minimum Gasteiger partial charge on any atom is -0.372 e. The van der Waals surface area contributed by atoms with Gasteiger partial charge in [0.1, 0.15) is 12.1 Å². The SMILES string of the molecule is Cc1ccc(COCc2cc(C(F)(F)F)cc(C(F)(F)F)c2)c(N2C(=O)CS/C2=N\C(=O)Nc2ccc(-c3ncn(-c4ccc(C(F)(F)F)cc4)n3)cc2F)c1. The summed E-state index contributed by atoms with van der Waals surface area (Å²) in [5.41, 5.74) is -3.00. The molecule has 1 fully saturated rings. The van der Waals surface area contributed by atoms with Crippen LogP contribution in [0.15, 0.2) is 90.2 Å². The highest BCUT2D eigenvalue weighted by Gasteiger charge is 2.37. The third-order valence-corrected chi connectivity index (χ3v) is 8.96. The molecule has 1 N–H and O–H groups in total. The molecule has 4 aromatic carbocycles. The van der Waals surface area contributed by atoms with Crippen LogP contribution in [0.5, 0.6) is 0 Å². The molecule has 0 radical (unpaired) electrons. The van der Waals surface area contributed by atoms with Gasteiger partial charge in [-0.15, -0.1) is 5.10 Å². The first kappa shape index (κ1) is 39.9. The smallest absolute Gasteiger partial charge is 0.372 e. The number of aryl methyl sites for hydroxylation is 1. The number of urea groups is 1. The fraction of sp³-hybridized carbons (Fsp3) is 0.194. The van der Waals surface area contributed by atoms with Gasteiger partial charge in [-0.3, -0.25) is 9.69 Å². The monoisotopic (exact) mass is 810 g/mol. The van der Waals surface area contributed by atoms with Crippen molar-refractivity contribution in [1.82, 2.24) is 14.8 Å². The summed E-state index contributed by atoms with van der Waals surface area (Å²) < 4.78 is 141. The molecule has 3 amide bonds. The van der Waals surface area contributed by atoms with Crippen LogP contribution >= 0.6 is 11.8 Å².